The highest BCUT2D eigenvalue weighted by Gasteiger charge is 2.19. The summed E-state index contributed by atoms with van der Waals surface area (Å²) < 4.78 is 11.1. The van der Waals surface area contributed by atoms with E-state index in [0.717, 1.165) is 56.8 Å². The smallest absolute Gasteiger partial charge is 0.119 e. The van der Waals surface area contributed by atoms with Gasteiger partial charge in [-0.1, -0.05) is 6.07 Å². The summed E-state index contributed by atoms with van der Waals surface area (Å²) >= 11 is 0. The normalized spacial score (nSPS) is 26.9. The SMILES string of the molecule is O[C@H]1CCCc2ccc(OCC3CCOC3)cc21. The van der Waals surface area contributed by atoms with Gasteiger partial charge >= 0.3 is 0 Å². The number of ether oxygens (including phenoxy) is 2. The average Bonchev–Trinajstić information content (AvgIpc) is 2.90. The van der Waals surface area contributed by atoms with Crippen LogP contribution in [0.5, 0.6) is 5.75 Å². The molecule has 2 aliphatic rings. The Balaban J connectivity index is 1.67. The molecule has 0 bridgehead atoms. The molecular formula is C15H20O3. The van der Waals surface area contributed by atoms with Crippen molar-refractivity contribution in [2.24, 2.45) is 5.92 Å². The minimum Gasteiger partial charge on any atom is -0.493 e. The lowest BCUT2D eigenvalue weighted by Crippen LogP contribution is -2.13. The molecule has 1 fully saturated rings. The maximum atomic E-state index is 9.99. The van der Waals surface area contributed by atoms with Gasteiger partial charge in [0.05, 0.1) is 19.3 Å². The number of hydrogen-bond acceptors (Lipinski definition) is 3. The van der Waals surface area contributed by atoms with E-state index >= 15 is 0 Å². The molecule has 0 saturated carbocycles. The maximum Gasteiger partial charge on any atom is 0.119 e. The van der Waals surface area contributed by atoms with Crippen LogP contribution in [-0.4, -0.2) is 24.9 Å². The van der Waals surface area contributed by atoms with Gasteiger partial charge in [-0.25, -0.2) is 0 Å². The second kappa shape index (κ2) is 5.29. The Labute approximate surface area is 108 Å². The molecule has 1 aliphatic heterocycles. The largest absolute Gasteiger partial charge is 0.493 e. The van der Waals surface area contributed by atoms with Crippen molar-refractivity contribution < 1.29 is 14.6 Å². The molecule has 1 aliphatic carbocycles. The average molecular weight is 248 g/mol. The van der Waals surface area contributed by atoms with E-state index in [2.05, 4.69) is 6.07 Å². The molecule has 1 unspecified atom stereocenters. The van der Waals surface area contributed by atoms with Crippen molar-refractivity contribution in [1.29, 1.82) is 0 Å². The van der Waals surface area contributed by atoms with Crippen LogP contribution >= 0.6 is 0 Å². The Morgan fingerprint density at radius 2 is 2.28 bits per heavy atom. The Hall–Kier alpha value is -1.06. The van der Waals surface area contributed by atoms with Crippen LogP contribution in [0.4, 0.5) is 0 Å². The van der Waals surface area contributed by atoms with Crippen molar-refractivity contribution in [3.63, 3.8) is 0 Å². The van der Waals surface area contributed by atoms with E-state index in [1.165, 1.54) is 5.56 Å². The fourth-order valence-electron chi connectivity index (χ4n) is 2.77. The molecule has 1 heterocycles. The number of aliphatic hydroxyl groups excluding tert-OH is 1. The number of aryl methyl sites for hydroxylation is 1. The van der Waals surface area contributed by atoms with Crippen molar-refractivity contribution >= 4 is 0 Å². The van der Waals surface area contributed by atoms with Gasteiger partial charge in [0.2, 0.25) is 0 Å². The van der Waals surface area contributed by atoms with E-state index in [0.29, 0.717) is 5.92 Å². The van der Waals surface area contributed by atoms with Crippen LogP contribution in [0.15, 0.2) is 18.2 Å². The number of hydrogen-bond donors (Lipinski definition) is 1. The molecular weight excluding hydrogens is 228 g/mol. The summed E-state index contributed by atoms with van der Waals surface area (Å²) in [6.07, 6.45) is 3.80. The molecule has 18 heavy (non-hydrogen) atoms. The van der Waals surface area contributed by atoms with Crippen molar-refractivity contribution in [3.8, 4) is 5.75 Å². The Bertz CT molecular complexity index is 410. The van der Waals surface area contributed by atoms with Gasteiger partial charge in [0.25, 0.3) is 0 Å². The van der Waals surface area contributed by atoms with Gasteiger partial charge < -0.3 is 14.6 Å². The molecule has 1 aromatic carbocycles. The molecule has 0 aromatic heterocycles. The molecule has 1 aromatic rings. The third kappa shape index (κ3) is 2.52. The topological polar surface area (TPSA) is 38.7 Å². The van der Waals surface area contributed by atoms with Crippen molar-refractivity contribution in [3.05, 3.63) is 29.3 Å². The third-order valence-corrected chi connectivity index (χ3v) is 3.91. The van der Waals surface area contributed by atoms with Gasteiger partial charge in [0.1, 0.15) is 5.75 Å². The van der Waals surface area contributed by atoms with Crippen molar-refractivity contribution in [1.82, 2.24) is 0 Å². The summed E-state index contributed by atoms with van der Waals surface area (Å²) in [5.41, 5.74) is 2.33. The molecule has 3 rings (SSSR count). The Kier molecular flexibility index (Phi) is 3.52. The van der Waals surface area contributed by atoms with Gasteiger partial charge in [-0.3, -0.25) is 0 Å². The fraction of sp³-hybridized carbons (Fsp3) is 0.600. The first-order valence-electron chi connectivity index (χ1n) is 6.84. The lowest BCUT2D eigenvalue weighted by atomic mass is 9.89. The lowest BCUT2D eigenvalue weighted by Gasteiger charge is -2.22. The van der Waals surface area contributed by atoms with Crippen LogP contribution in [0, 0.1) is 5.92 Å². The van der Waals surface area contributed by atoms with E-state index < -0.39 is 0 Å². The first kappa shape index (κ1) is 12.0. The van der Waals surface area contributed by atoms with Gasteiger partial charge in [-0.15, -0.1) is 0 Å². The second-order valence-corrected chi connectivity index (χ2v) is 5.31. The standard InChI is InChI=1S/C15H20O3/c16-15-3-1-2-12-4-5-13(8-14(12)15)18-10-11-6-7-17-9-11/h4-5,8,11,15-16H,1-3,6-7,9-10H2/t11?,15-/m0/s1. The zero-order valence-electron chi connectivity index (χ0n) is 10.6. The fourth-order valence-corrected chi connectivity index (χ4v) is 2.77. The molecule has 2 atom stereocenters. The summed E-state index contributed by atoms with van der Waals surface area (Å²) in [5.74, 6) is 1.40. The summed E-state index contributed by atoms with van der Waals surface area (Å²) in [6.45, 7) is 2.39. The van der Waals surface area contributed by atoms with E-state index in [1.54, 1.807) is 0 Å². The number of rotatable bonds is 3. The monoisotopic (exact) mass is 248 g/mol. The molecule has 98 valence electrons. The molecule has 3 nitrogen and oxygen atoms in total. The molecule has 3 heteroatoms. The minimum absolute atomic E-state index is 0.313. The highest BCUT2D eigenvalue weighted by molar-refractivity contribution is 5.38. The number of fused-ring (bicyclic) bond motifs is 1. The lowest BCUT2D eigenvalue weighted by molar-refractivity contribution is 0.154. The van der Waals surface area contributed by atoms with Crippen LogP contribution in [-0.2, 0) is 11.2 Å². The van der Waals surface area contributed by atoms with Crippen LogP contribution in [0.1, 0.15) is 36.5 Å². The molecule has 1 N–H and O–H groups in total. The predicted octanol–water partition coefficient (Wildman–Crippen LogP) is 2.47. The molecule has 1 saturated heterocycles. The summed E-state index contributed by atoms with van der Waals surface area (Å²) in [5, 5.41) is 9.99. The zero-order chi connectivity index (χ0) is 12.4. The van der Waals surface area contributed by atoms with E-state index in [4.69, 9.17) is 9.47 Å². The van der Waals surface area contributed by atoms with Crippen molar-refractivity contribution in [2.45, 2.75) is 31.8 Å². The number of benzene rings is 1. The zero-order valence-corrected chi connectivity index (χ0v) is 10.6. The first-order valence-corrected chi connectivity index (χ1v) is 6.84. The molecule has 0 amide bonds. The van der Waals surface area contributed by atoms with Gasteiger partial charge in [-0.05, 0) is 48.9 Å². The van der Waals surface area contributed by atoms with E-state index in [1.807, 2.05) is 12.1 Å². The summed E-state index contributed by atoms with van der Waals surface area (Å²) in [7, 11) is 0. The predicted molar refractivity (Wildman–Crippen MR) is 68.8 cm³/mol. The minimum atomic E-state index is -0.313. The quantitative estimate of drug-likeness (QED) is 0.893. The van der Waals surface area contributed by atoms with Crippen LogP contribution in [0.2, 0.25) is 0 Å². The highest BCUT2D eigenvalue weighted by Crippen LogP contribution is 2.32. The number of aliphatic hydroxyl groups is 1. The highest BCUT2D eigenvalue weighted by atomic mass is 16.5. The summed E-state index contributed by atoms with van der Waals surface area (Å²) in [4.78, 5) is 0. The van der Waals surface area contributed by atoms with E-state index in [-0.39, 0.29) is 6.10 Å². The van der Waals surface area contributed by atoms with Crippen molar-refractivity contribution in [2.75, 3.05) is 19.8 Å². The van der Waals surface area contributed by atoms with Gasteiger partial charge in [0.15, 0.2) is 0 Å². The Morgan fingerprint density at radius 3 is 3.11 bits per heavy atom. The first-order chi connectivity index (χ1) is 8.83. The molecule has 0 spiro atoms. The van der Waals surface area contributed by atoms with Gasteiger partial charge in [-0.2, -0.15) is 0 Å². The second-order valence-electron chi connectivity index (χ2n) is 5.31. The van der Waals surface area contributed by atoms with E-state index in [9.17, 15) is 5.11 Å². The molecule has 0 radical (unpaired) electrons. The van der Waals surface area contributed by atoms with Crippen LogP contribution < -0.4 is 4.74 Å². The van der Waals surface area contributed by atoms with Crippen LogP contribution in [0.25, 0.3) is 0 Å². The third-order valence-electron chi connectivity index (χ3n) is 3.91. The van der Waals surface area contributed by atoms with Gasteiger partial charge in [0, 0.05) is 12.5 Å². The Morgan fingerprint density at radius 1 is 1.33 bits per heavy atom. The van der Waals surface area contributed by atoms with Crippen LogP contribution in [0.3, 0.4) is 0 Å². The summed E-state index contributed by atoms with van der Waals surface area (Å²) in [6, 6.07) is 6.12. The maximum absolute atomic E-state index is 9.99.